The van der Waals surface area contributed by atoms with Gasteiger partial charge < -0.3 is 9.88 Å². The van der Waals surface area contributed by atoms with Crippen LogP contribution in [0.1, 0.15) is 64.1 Å². The highest BCUT2D eigenvalue weighted by molar-refractivity contribution is 5.78. The van der Waals surface area contributed by atoms with Gasteiger partial charge in [0.1, 0.15) is 5.82 Å². The van der Waals surface area contributed by atoms with Crippen molar-refractivity contribution in [2.24, 2.45) is 5.92 Å². The molecule has 4 heteroatoms. The lowest BCUT2D eigenvalue weighted by molar-refractivity contribution is -0.125. The minimum absolute atomic E-state index is 0.233. The van der Waals surface area contributed by atoms with Gasteiger partial charge in [0.25, 0.3) is 0 Å². The van der Waals surface area contributed by atoms with E-state index in [0.717, 1.165) is 37.1 Å². The molecule has 1 saturated carbocycles. The second-order valence-electron chi connectivity index (χ2n) is 7.25. The first-order valence-corrected chi connectivity index (χ1v) is 10.0. The van der Waals surface area contributed by atoms with E-state index in [1.807, 2.05) is 6.07 Å². The summed E-state index contributed by atoms with van der Waals surface area (Å²) in [6.07, 6.45) is 10.2. The maximum absolute atomic E-state index is 12.3. The van der Waals surface area contributed by atoms with Crippen LogP contribution in [-0.4, -0.2) is 22.0 Å². The Kier molecular flexibility index (Phi) is 6.48. The van der Waals surface area contributed by atoms with Crippen LogP contribution in [0, 0.1) is 5.92 Å². The number of carbonyl (C=O) groups is 1. The van der Waals surface area contributed by atoms with Crippen LogP contribution in [0.15, 0.2) is 24.3 Å². The van der Waals surface area contributed by atoms with Crippen LogP contribution in [0.5, 0.6) is 0 Å². The Morgan fingerprint density at radius 3 is 2.80 bits per heavy atom. The lowest BCUT2D eigenvalue weighted by Gasteiger charge is -2.20. The average molecular weight is 341 g/mol. The number of aromatic nitrogens is 2. The molecule has 0 unspecified atom stereocenters. The molecular formula is C21H31N3O. The third kappa shape index (κ3) is 4.62. The summed E-state index contributed by atoms with van der Waals surface area (Å²) in [5.74, 6) is 1.58. The molecule has 1 aliphatic carbocycles. The molecule has 0 aliphatic heterocycles. The number of hydrogen-bond donors (Lipinski definition) is 1. The molecule has 1 amide bonds. The Hall–Kier alpha value is -1.84. The van der Waals surface area contributed by atoms with Gasteiger partial charge in [-0.2, -0.15) is 0 Å². The molecule has 2 aromatic rings. The number of unbranched alkanes of at least 4 members (excludes halogenated alkanes) is 2. The fourth-order valence-corrected chi connectivity index (χ4v) is 3.89. The average Bonchev–Trinajstić information content (AvgIpc) is 3.00. The molecule has 4 nitrogen and oxygen atoms in total. The third-order valence-electron chi connectivity index (χ3n) is 5.34. The Bertz CT molecular complexity index is 686. The van der Waals surface area contributed by atoms with Crippen molar-refractivity contribution in [3.63, 3.8) is 0 Å². The maximum atomic E-state index is 12.3. The minimum atomic E-state index is 0.233. The topological polar surface area (TPSA) is 46.9 Å². The molecule has 0 radical (unpaired) electrons. The van der Waals surface area contributed by atoms with Crippen LogP contribution in [-0.2, 0) is 17.8 Å². The predicted octanol–water partition coefficient (Wildman–Crippen LogP) is 4.47. The maximum Gasteiger partial charge on any atom is 0.223 e. The lowest BCUT2D eigenvalue weighted by Crippen LogP contribution is -2.33. The SMILES string of the molecule is CCCCCn1c(CCNC(=O)C2CCCCC2)nc2ccccc21. The second kappa shape index (κ2) is 9.02. The van der Waals surface area contributed by atoms with E-state index in [1.54, 1.807) is 0 Å². The summed E-state index contributed by atoms with van der Waals surface area (Å²) in [7, 11) is 0. The van der Waals surface area contributed by atoms with Gasteiger partial charge in [-0.25, -0.2) is 4.98 Å². The summed E-state index contributed by atoms with van der Waals surface area (Å²) < 4.78 is 2.34. The molecule has 1 fully saturated rings. The fourth-order valence-electron chi connectivity index (χ4n) is 3.89. The van der Waals surface area contributed by atoms with Crippen molar-refractivity contribution >= 4 is 16.9 Å². The summed E-state index contributed by atoms with van der Waals surface area (Å²) in [4.78, 5) is 17.1. The molecule has 3 rings (SSSR count). The zero-order valence-corrected chi connectivity index (χ0v) is 15.5. The van der Waals surface area contributed by atoms with E-state index in [2.05, 4.69) is 35.0 Å². The number of carbonyl (C=O) groups excluding carboxylic acids is 1. The van der Waals surface area contributed by atoms with Crippen LogP contribution in [0.25, 0.3) is 11.0 Å². The summed E-state index contributed by atoms with van der Waals surface area (Å²) in [6.45, 7) is 3.93. The number of aryl methyl sites for hydroxylation is 1. The number of para-hydroxylation sites is 2. The molecule has 1 N–H and O–H groups in total. The summed E-state index contributed by atoms with van der Waals surface area (Å²) >= 11 is 0. The van der Waals surface area contributed by atoms with Crippen LogP contribution in [0.4, 0.5) is 0 Å². The zero-order valence-electron chi connectivity index (χ0n) is 15.5. The van der Waals surface area contributed by atoms with E-state index in [9.17, 15) is 4.79 Å². The number of nitrogens with zero attached hydrogens (tertiary/aromatic N) is 2. The van der Waals surface area contributed by atoms with Crippen LogP contribution < -0.4 is 5.32 Å². The van der Waals surface area contributed by atoms with Gasteiger partial charge in [0, 0.05) is 25.4 Å². The quantitative estimate of drug-likeness (QED) is 0.720. The molecule has 0 atom stereocenters. The number of imidazole rings is 1. The number of fused-ring (bicyclic) bond motifs is 1. The molecule has 0 spiro atoms. The molecular weight excluding hydrogens is 310 g/mol. The van der Waals surface area contributed by atoms with Crippen molar-refractivity contribution in [2.75, 3.05) is 6.54 Å². The van der Waals surface area contributed by atoms with Gasteiger partial charge in [0.2, 0.25) is 5.91 Å². The number of nitrogens with one attached hydrogen (secondary N) is 1. The van der Waals surface area contributed by atoms with E-state index < -0.39 is 0 Å². The smallest absolute Gasteiger partial charge is 0.223 e. The van der Waals surface area contributed by atoms with Gasteiger partial charge in [-0.1, -0.05) is 51.2 Å². The van der Waals surface area contributed by atoms with E-state index in [4.69, 9.17) is 4.98 Å². The van der Waals surface area contributed by atoms with E-state index in [-0.39, 0.29) is 11.8 Å². The normalized spacial score (nSPS) is 15.6. The van der Waals surface area contributed by atoms with Crippen molar-refractivity contribution in [2.45, 2.75) is 71.3 Å². The first kappa shape index (κ1) is 18.0. The van der Waals surface area contributed by atoms with Gasteiger partial charge in [-0.15, -0.1) is 0 Å². The lowest BCUT2D eigenvalue weighted by atomic mass is 9.89. The Morgan fingerprint density at radius 2 is 2.00 bits per heavy atom. The molecule has 25 heavy (non-hydrogen) atoms. The summed E-state index contributed by atoms with van der Waals surface area (Å²) in [5, 5.41) is 3.15. The summed E-state index contributed by atoms with van der Waals surface area (Å²) in [6, 6.07) is 8.35. The monoisotopic (exact) mass is 341 g/mol. The predicted molar refractivity (Wildman–Crippen MR) is 103 cm³/mol. The van der Waals surface area contributed by atoms with Gasteiger partial charge >= 0.3 is 0 Å². The molecule has 1 aromatic carbocycles. The van der Waals surface area contributed by atoms with Crippen LogP contribution in [0.3, 0.4) is 0 Å². The third-order valence-corrected chi connectivity index (χ3v) is 5.34. The molecule has 0 bridgehead atoms. The molecule has 136 valence electrons. The molecule has 1 aliphatic rings. The van der Waals surface area contributed by atoms with Gasteiger partial charge in [0.15, 0.2) is 0 Å². The van der Waals surface area contributed by atoms with E-state index in [0.29, 0.717) is 6.54 Å². The Morgan fingerprint density at radius 1 is 1.20 bits per heavy atom. The first-order chi connectivity index (χ1) is 12.3. The Labute approximate surface area is 151 Å². The standard InChI is InChI=1S/C21H31N3O/c1-2-3-9-16-24-19-13-8-7-12-18(19)23-20(24)14-15-22-21(25)17-10-5-4-6-11-17/h7-8,12-13,17H,2-6,9-11,14-16H2,1H3,(H,22,25). The van der Waals surface area contributed by atoms with Crippen molar-refractivity contribution in [1.29, 1.82) is 0 Å². The second-order valence-corrected chi connectivity index (χ2v) is 7.25. The van der Waals surface area contributed by atoms with Crippen molar-refractivity contribution in [1.82, 2.24) is 14.9 Å². The van der Waals surface area contributed by atoms with Gasteiger partial charge in [0.05, 0.1) is 11.0 Å². The fraction of sp³-hybridized carbons (Fsp3) is 0.619. The van der Waals surface area contributed by atoms with Crippen molar-refractivity contribution in [3.05, 3.63) is 30.1 Å². The van der Waals surface area contributed by atoms with Crippen molar-refractivity contribution in [3.8, 4) is 0 Å². The molecule has 1 heterocycles. The number of rotatable bonds is 8. The van der Waals surface area contributed by atoms with E-state index >= 15 is 0 Å². The zero-order chi connectivity index (χ0) is 17.5. The first-order valence-electron chi connectivity index (χ1n) is 10.0. The van der Waals surface area contributed by atoms with Gasteiger partial charge in [-0.05, 0) is 31.4 Å². The number of amides is 1. The van der Waals surface area contributed by atoms with E-state index in [1.165, 1.54) is 44.0 Å². The number of benzene rings is 1. The minimum Gasteiger partial charge on any atom is -0.355 e. The highest BCUT2D eigenvalue weighted by Crippen LogP contribution is 2.23. The van der Waals surface area contributed by atoms with Crippen molar-refractivity contribution < 1.29 is 4.79 Å². The Balaban J connectivity index is 1.61. The highest BCUT2D eigenvalue weighted by atomic mass is 16.1. The molecule has 1 aromatic heterocycles. The largest absolute Gasteiger partial charge is 0.355 e. The summed E-state index contributed by atoms with van der Waals surface area (Å²) in [5.41, 5.74) is 2.28. The van der Waals surface area contributed by atoms with Gasteiger partial charge in [-0.3, -0.25) is 4.79 Å². The van der Waals surface area contributed by atoms with Crippen LogP contribution in [0.2, 0.25) is 0 Å². The highest BCUT2D eigenvalue weighted by Gasteiger charge is 2.20. The molecule has 0 saturated heterocycles. The number of hydrogen-bond acceptors (Lipinski definition) is 2. The van der Waals surface area contributed by atoms with Crippen LogP contribution >= 0.6 is 0 Å².